The lowest BCUT2D eigenvalue weighted by atomic mass is 9.75. The molecule has 6 nitrogen and oxygen atoms in total. The minimum absolute atomic E-state index is 0.00942. The van der Waals surface area contributed by atoms with Crippen LogP contribution in [0.3, 0.4) is 0 Å². The Morgan fingerprint density at radius 2 is 1.61 bits per heavy atom. The van der Waals surface area contributed by atoms with Gasteiger partial charge in [0.15, 0.2) is 0 Å². The summed E-state index contributed by atoms with van der Waals surface area (Å²) in [5.74, 6) is -0.867. The number of rotatable bonds is 6. The number of hydrogen-bond donors (Lipinski definition) is 2. The first-order valence-corrected chi connectivity index (χ1v) is 15.8. The molecule has 2 heterocycles. The number of carbonyl (C=O) groups excluding carboxylic acids is 2. The van der Waals surface area contributed by atoms with Crippen molar-refractivity contribution in [3.05, 3.63) is 65.0 Å². The summed E-state index contributed by atoms with van der Waals surface area (Å²) in [5, 5.41) is 7.04. The van der Waals surface area contributed by atoms with Crippen LogP contribution in [0, 0.1) is 24.6 Å². The van der Waals surface area contributed by atoms with E-state index in [1.165, 1.54) is 31.7 Å². The largest absolute Gasteiger partial charge is 0.382 e. The van der Waals surface area contributed by atoms with Gasteiger partial charge in [0.05, 0.1) is 17.5 Å². The molecule has 2 aromatic rings. The topological polar surface area (TPSA) is 64.7 Å². The summed E-state index contributed by atoms with van der Waals surface area (Å²) < 4.78 is 15.2. The van der Waals surface area contributed by atoms with Gasteiger partial charge in [0.1, 0.15) is 5.82 Å². The second-order valence-corrected chi connectivity index (χ2v) is 13.0. The zero-order chi connectivity index (χ0) is 28.5. The second kappa shape index (κ2) is 12.1. The third-order valence-corrected chi connectivity index (χ3v) is 10.3. The number of amides is 2. The van der Waals surface area contributed by atoms with Crippen molar-refractivity contribution in [2.75, 3.05) is 25.5 Å². The quantitative estimate of drug-likeness (QED) is 0.450. The summed E-state index contributed by atoms with van der Waals surface area (Å²) in [5.41, 5.74) is 2.81. The predicted octanol–water partition coefficient (Wildman–Crippen LogP) is 6.07. The number of halogens is 1. The zero-order valence-corrected chi connectivity index (χ0v) is 24.6. The Kier molecular flexibility index (Phi) is 8.34. The van der Waals surface area contributed by atoms with Crippen LogP contribution >= 0.6 is 0 Å². The van der Waals surface area contributed by atoms with Gasteiger partial charge in [-0.3, -0.25) is 9.59 Å². The van der Waals surface area contributed by atoms with Crippen molar-refractivity contribution in [3.8, 4) is 0 Å². The highest BCUT2D eigenvalue weighted by Crippen LogP contribution is 2.49. The third-order valence-electron chi connectivity index (χ3n) is 10.3. The van der Waals surface area contributed by atoms with Crippen molar-refractivity contribution in [3.63, 3.8) is 0 Å². The maximum atomic E-state index is 15.2. The predicted molar refractivity (Wildman–Crippen MR) is 160 cm³/mol. The summed E-state index contributed by atoms with van der Waals surface area (Å²) in [6.07, 6.45) is 10.5. The van der Waals surface area contributed by atoms with Crippen molar-refractivity contribution in [1.29, 1.82) is 0 Å². The molecule has 4 aliphatic rings. The standard InChI is InChI=1S/C34H45FN4O2/c1-22-7-5-11-29(35)31(22)34(41)39-30-12-6-8-24(30)21-28(33(40)37-27-17-19-38(2)20-18-27)32(39)23-13-15-26(16-14-23)36-25-9-3-4-10-25/h5,7,11,13-16,24-25,27-28,30,32,36H,3-4,6,8-10,12,17-21H2,1-2H3,(H,37,40). The van der Waals surface area contributed by atoms with Crippen LogP contribution in [0.1, 0.15) is 91.7 Å². The molecular formula is C34H45FN4O2. The van der Waals surface area contributed by atoms with Gasteiger partial charge in [0, 0.05) is 23.8 Å². The average Bonchev–Trinajstić information content (AvgIpc) is 3.66. The Hall–Kier alpha value is -2.93. The molecule has 41 heavy (non-hydrogen) atoms. The van der Waals surface area contributed by atoms with E-state index in [0.717, 1.165) is 62.9 Å². The van der Waals surface area contributed by atoms with Crippen LogP contribution in [0.5, 0.6) is 0 Å². The Balaban J connectivity index is 1.35. The van der Waals surface area contributed by atoms with E-state index in [4.69, 9.17) is 0 Å². The molecule has 4 unspecified atom stereocenters. The average molecular weight is 561 g/mol. The van der Waals surface area contributed by atoms with Gasteiger partial charge in [-0.15, -0.1) is 0 Å². The molecule has 2 saturated heterocycles. The highest BCUT2D eigenvalue weighted by Gasteiger charge is 2.50. The van der Waals surface area contributed by atoms with E-state index < -0.39 is 11.9 Å². The van der Waals surface area contributed by atoms with Gasteiger partial charge in [0.2, 0.25) is 5.91 Å². The molecule has 7 heteroatoms. The van der Waals surface area contributed by atoms with Crippen LogP contribution in [-0.2, 0) is 4.79 Å². The Morgan fingerprint density at radius 3 is 2.32 bits per heavy atom. The fourth-order valence-corrected chi connectivity index (χ4v) is 8.01. The van der Waals surface area contributed by atoms with Gasteiger partial charge in [-0.25, -0.2) is 4.39 Å². The summed E-state index contributed by atoms with van der Waals surface area (Å²) in [4.78, 5) is 32.7. The number of hydrogen-bond acceptors (Lipinski definition) is 4. The summed E-state index contributed by atoms with van der Waals surface area (Å²) in [7, 11) is 2.12. The van der Waals surface area contributed by atoms with Crippen LogP contribution < -0.4 is 10.6 Å². The van der Waals surface area contributed by atoms with Crippen LogP contribution in [0.15, 0.2) is 42.5 Å². The minimum Gasteiger partial charge on any atom is -0.382 e. The Morgan fingerprint density at radius 1 is 0.878 bits per heavy atom. The summed E-state index contributed by atoms with van der Waals surface area (Å²) >= 11 is 0. The number of nitrogens with one attached hydrogen (secondary N) is 2. The van der Waals surface area contributed by atoms with Gasteiger partial charge in [-0.2, -0.15) is 0 Å². The monoisotopic (exact) mass is 560 g/mol. The molecule has 4 fully saturated rings. The first kappa shape index (κ1) is 28.2. The van der Waals surface area contributed by atoms with Crippen LogP contribution in [-0.4, -0.2) is 59.9 Å². The van der Waals surface area contributed by atoms with Gasteiger partial charge in [-0.1, -0.05) is 43.5 Å². The number of likely N-dealkylation sites (tertiary alicyclic amines) is 2. The molecule has 2 aromatic carbocycles. The van der Waals surface area contributed by atoms with E-state index in [1.54, 1.807) is 19.1 Å². The number of nitrogens with zero attached hydrogens (tertiary/aromatic N) is 2. The second-order valence-electron chi connectivity index (χ2n) is 13.0. The molecule has 2 N–H and O–H groups in total. The highest BCUT2D eigenvalue weighted by molar-refractivity contribution is 5.97. The number of fused-ring (bicyclic) bond motifs is 1. The molecule has 2 amide bonds. The number of anilines is 1. The molecule has 0 aromatic heterocycles. The van der Waals surface area contributed by atoms with Crippen molar-refractivity contribution in [2.24, 2.45) is 11.8 Å². The van der Waals surface area contributed by atoms with Crippen LogP contribution in [0.2, 0.25) is 0 Å². The maximum Gasteiger partial charge on any atom is 0.257 e. The molecule has 2 aliphatic carbocycles. The van der Waals surface area contributed by atoms with Crippen molar-refractivity contribution in [1.82, 2.24) is 15.1 Å². The lowest BCUT2D eigenvalue weighted by molar-refractivity contribution is -0.131. The smallest absolute Gasteiger partial charge is 0.257 e. The van der Waals surface area contributed by atoms with Gasteiger partial charge < -0.3 is 20.4 Å². The lowest BCUT2D eigenvalue weighted by Gasteiger charge is -2.48. The third kappa shape index (κ3) is 5.88. The molecular weight excluding hydrogens is 515 g/mol. The molecule has 0 bridgehead atoms. The van der Waals surface area contributed by atoms with Gasteiger partial charge in [-0.05, 0) is 107 Å². The molecule has 4 atom stereocenters. The fraction of sp³-hybridized carbons (Fsp3) is 0.588. The Labute approximate surface area is 244 Å². The van der Waals surface area contributed by atoms with E-state index in [1.807, 2.05) is 4.90 Å². The number of carbonyl (C=O) groups is 2. The molecule has 6 rings (SSSR count). The van der Waals surface area contributed by atoms with Crippen molar-refractivity contribution in [2.45, 2.75) is 95.3 Å². The highest BCUT2D eigenvalue weighted by atomic mass is 19.1. The van der Waals surface area contributed by atoms with Crippen LogP contribution in [0.25, 0.3) is 0 Å². The lowest BCUT2D eigenvalue weighted by Crippen LogP contribution is -2.56. The van der Waals surface area contributed by atoms with E-state index in [-0.39, 0.29) is 41.3 Å². The van der Waals surface area contributed by atoms with E-state index in [0.29, 0.717) is 11.6 Å². The van der Waals surface area contributed by atoms with Crippen LogP contribution in [0.4, 0.5) is 10.1 Å². The molecule has 220 valence electrons. The number of benzene rings is 2. The normalized spacial score (nSPS) is 27.5. The molecule has 2 saturated carbocycles. The minimum atomic E-state index is -0.489. The first-order valence-electron chi connectivity index (χ1n) is 15.8. The van der Waals surface area contributed by atoms with E-state index >= 15 is 4.39 Å². The van der Waals surface area contributed by atoms with Gasteiger partial charge >= 0.3 is 0 Å². The van der Waals surface area contributed by atoms with Crippen molar-refractivity contribution >= 4 is 17.5 Å². The molecule has 0 spiro atoms. The molecule has 2 aliphatic heterocycles. The first-order chi connectivity index (χ1) is 19.9. The van der Waals surface area contributed by atoms with Gasteiger partial charge in [0.25, 0.3) is 5.91 Å². The number of piperidine rings is 2. The number of aryl methyl sites for hydroxylation is 1. The Bertz CT molecular complexity index is 1220. The SMILES string of the molecule is Cc1cccc(F)c1C(=O)N1C2CCCC2CC(C(=O)NC2CCN(C)CC2)C1c1ccc(NC2CCCC2)cc1. The van der Waals surface area contributed by atoms with E-state index in [9.17, 15) is 9.59 Å². The zero-order valence-electron chi connectivity index (χ0n) is 24.6. The summed E-state index contributed by atoms with van der Waals surface area (Å²) in [6.45, 7) is 3.74. The molecule has 0 radical (unpaired) electrons. The fourth-order valence-electron chi connectivity index (χ4n) is 8.01. The van der Waals surface area contributed by atoms with Crippen molar-refractivity contribution < 1.29 is 14.0 Å². The van der Waals surface area contributed by atoms with E-state index in [2.05, 4.69) is 46.8 Å². The maximum absolute atomic E-state index is 15.2. The summed E-state index contributed by atoms with van der Waals surface area (Å²) in [6, 6.07) is 13.4.